The van der Waals surface area contributed by atoms with Gasteiger partial charge in [0.05, 0.1) is 6.26 Å². The number of carbonyl (C=O) groups is 1. The van der Waals surface area contributed by atoms with E-state index in [1.54, 1.807) is 12.5 Å². The molecule has 3 unspecified atom stereocenters. The smallest absolute Gasteiger partial charge is 0.274 e. The minimum Gasteiger partial charge on any atom is -0.462 e. The maximum atomic E-state index is 12.5. The summed E-state index contributed by atoms with van der Waals surface area (Å²) in [5, 5.41) is 7.57. The van der Waals surface area contributed by atoms with Crippen LogP contribution in [0.3, 0.4) is 0 Å². The van der Waals surface area contributed by atoms with E-state index in [1.807, 2.05) is 6.07 Å². The van der Waals surface area contributed by atoms with E-state index in [2.05, 4.69) is 22.5 Å². The molecule has 0 radical (unpaired) electrons. The van der Waals surface area contributed by atoms with Gasteiger partial charge in [-0.05, 0) is 43.4 Å². The van der Waals surface area contributed by atoms with Crippen molar-refractivity contribution in [3.05, 3.63) is 29.8 Å². The summed E-state index contributed by atoms with van der Waals surface area (Å²) in [7, 11) is 0. The predicted octanol–water partition coefficient (Wildman–Crippen LogP) is 1.87. The van der Waals surface area contributed by atoms with E-state index in [4.69, 9.17) is 4.42 Å². The third kappa shape index (κ3) is 2.03. The van der Waals surface area contributed by atoms with Crippen LogP contribution in [0.4, 0.5) is 0 Å². The van der Waals surface area contributed by atoms with Crippen LogP contribution in [0.25, 0.3) is 11.0 Å². The Bertz CT molecular complexity index is 694. The van der Waals surface area contributed by atoms with Gasteiger partial charge in [-0.1, -0.05) is 6.92 Å². The molecule has 5 heteroatoms. The summed E-state index contributed by atoms with van der Waals surface area (Å²) in [4.78, 5) is 16.8. The third-order valence-corrected chi connectivity index (χ3v) is 4.81. The molecule has 2 aliphatic rings. The number of hydrogen-bond donors (Lipinski definition) is 2. The summed E-state index contributed by atoms with van der Waals surface area (Å²) in [6, 6.07) is 2.54. The fourth-order valence-electron chi connectivity index (χ4n) is 3.70. The second kappa shape index (κ2) is 4.84. The van der Waals surface area contributed by atoms with E-state index in [0.717, 1.165) is 30.3 Å². The van der Waals surface area contributed by atoms with E-state index < -0.39 is 0 Å². The van der Waals surface area contributed by atoms with Crippen LogP contribution in [0.15, 0.2) is 22.9 Å². The van der Waals surface area contributed by atoms with Gasteiger partial charge in [0.2, 0.25) is 0 Å². The van der Waals surface area contributed by atoms with Crippen molar-refractivity contribution >= 4 is 16.9 Å². The SMILES string of the molecule is CCc1coc2c(C(=O)NC3CC4CNC3C4)nccc12. The first-order valence-electron chi connectivity index (χ1n) is 7.65. The van der Waals surface area contributed by atoms with Crippen molar-refractivity contribution in [2.24, 2.45) is 5.92 Å². The maximum absolute atomic E-state index is 12.5. The number of fused-ring (bicyclic) bond motifs is 3. The van der Waals surface area contributed by atoms with Gasteiger partial charge in [0.25, 0.3) is 5.91 Å². The average Bonchev–Trinajstić information content (AvgIpc) is 3.21. The van der Waals surface area contributed by atoms with Crippen LogP contribution in [0.1, 0.15) is 35.8 Å². The molecular formula is C16H19N3O2. The molecule has 5 nitrogen and oxygen atoms in total. The molecule has 1 saturated heterocycles. The van der Waals surface area contributed by atoms with Crippen molar-refractivity contribution < 1.29 is 9.21 Å². The van der Waals surface area contributed by atoms with E-state index in [1.165, 1.54) is 6.42 Å². The van der Waals surface area contributed by atoms with E-state index >= 15 is 0 Å². The normalized spacial score (nSPS) is 27.4. The van der Waals surface area contributed by atoms with Gasteiger partial charge < -0.3 is 15.1 Å². The van der Waals surface area contributed by atoms with Crippen molar-refractivity contribution in [2.45, 2.75) is 38.3 Å². The van der Waals surface area contributed by atoms with Crippen LogP contribution in [0.5, 0.6) is 0 Å². The van der Waals surface area contributed by atoms with E-state index in [-0.39, 0.29) is 11.9 Å². The minimum atomic E-state index is -0.128. The predicted molar refractivity (Wildman–Crippen MR) is 79.2 cm³/mol. The van der Waals surface area contributed by atoms with Gasteiger partial charge in [-0.25, -0.2) is 4.98 Å². The van der Waals surface area contributed by atoms with Crippen molar-refractivity contribution in [1.29, 1.82) is 0 Å². The topological polar surface area (TPSA) is 67.2 Å². The Balaban J connectivity index is 1.61. The van der Waals surface area contributed by atoms with Crippen molar-refractivity contribution in [3.63, 3.8) is 0 Å². The van der Waals surface area contributed by atoms with Gasteiger partial charge >= 0.3 is 0 Å². The quantitative estimate of drug-likeness (QED) is 0.903. The maximum Gasteiger partial charge on any atom is 0.274 e. The van der Waals surface area contributed by atoms with Crippen LogP contribution in [0, 0.1) is 5.92 Å². The molecule has 0 spiro atoms. The third-order valence-electron chi connectivity index (χ3n) is 4.81. The molecule has 21 heavy (non-hydrogen) atoms. The molecule has 110 valence electrons. The molecule has 1 amide bonds. The molecule has 2 N–H and O–H groups in total. The Morgan fingerprint density at radius 2 is 2.43 bits per heavy atom. The van der Waals surface area contributed by atoms with Crippen LogP contribution in [0.2, 0.25) is 0 Å². The molecule has 2 bridgehead atoms. The Morgan fingerprint density at radius 3 is 3.14 bits per heavy atom. The zero-order chi connectivity index (χ0) is 14.4. The van der Waals surface area contributed by atoms with Gasteiger partial charge in [0, 0.05) is 23.7 Å². The minimum absolute atomic E-state index is 0.128. The Labute approximate surface area is 123 Å². The molecule has 3 atom stereocenters. The number of piperidine rings is 1. The highest BCUT2D eigenvalue weighted by molar-refractivity contribution is 6.03. The second-order valence-corrected chi connectivity index (χ2v) is 6.08. The number of hydrogen-bond acceptors (Lipinski definition) is 4. The number of amides is 1. The summed E-state index contributed by atoms with van der Waals surface area (Å²) < 4.78 is 5.58. The van der Waals surface area contributed by atoms with Gasteiger partial charge in [-0.3, -0.25) is 4.79 Å². The number of aromatic nitrogens is 1. The van der Waals surface area contributed by atoms with Crippen LogP contribution < -0.4 is 10.6 Å². The van der Waals surface area contributed by atoms with Gasteiger partial charge in [-0.2, -0.15) is 0 Å². The molecule has 4 rings (SSSR count). The zero-order valence-corrected chi connectivity index (χ0v) is 12.1. The Kier molecular flexibility index (Phi) is 2.96. The number of furan rings is 1. The Morgan fingerprint density at radius 1 is 1.52 bits per heavy atom. The molecule has 2 fully saturated rings. The first-order valence-corrected chi connectivity index (χ1v) is 7.65. The number of pyridine rings is 1. The molecular weight excluding hydrogens is 266 g/mol. The fourth-order valence-corrected chi connectivity index (χ4v) is 3.70. The van der Waals surface area contributed by atoms with Crippen LogP contribution >= 0.6 is 0 Å². The number of carbonyl (C=O) groups excluding carboxylic acids is 1. The largest absolute Gasteiger partial charge is 0.462 e. The Hall–Kier alpha value is -1.88. The molecule has 0 aromatic carbocycles. The summed E-state index contributed by atoms with van der Waals surface area (Å²) >= 11 is 0. The number of nitrogens with zero attached hydrogens (tertiary/aromatic N) is 1. The summed E-state index contributed by atoms with van der Waals surface area (Å²) in [5.41, 5.74) is 2.11. The standard InChI is InChI=1S/C16H19N3O2/c1-2-10-8-21-15-11(10)3-4-17-14(15)16(20)19-13-6-9-5-12(13)18-7-9/h3-4,8-9,12-13,18H,2,5-7H2,1H3,(H,19,20). The number of aryl methyl sites for hydroxylation is 1. The molecule has 1 aliphatic carbocycles. The molecule has 1 saturated carbocycles. The second-order valence-electron chi connectivity index (χ2n) is 6.08. The van der Waals surface area contributed by atoms with Crippen molar-refractivity contribution in [2.75, 3.05) is 6.54 Å². The van der Waals surface area contributed by atoms with Gasteiger partial charge in [0.1, 0.15) is 0 Å². The highest BCUT2D eigenvalue weighted by atomic mass is 16.3. The first-order chi connectivity index (χ1) is 10.3. The highest BCUT2D eigenvalue weighted by Crippen LogP contribution is 2.31. The lowest BCUT2D eigenvalue weighted by Crippen LogP contribution is -2.48. The van der Waals surface area contributed by atoms with Crippen molar-refractivity contribution in [1.82, 2.24) is 15.6 Å². The zero-order valence-electron chi connectivity index (χ0n) is 12.1. The first kappa shape index (κ1) is 12.8. The van der Waals surface area contributed by atoms with Crippen molar-refractivity contribution in [3.8, 4) is 0 Å². The molecule has 2 aromatic heterocycles. The summed E-state index contributed by atoms with van der Waals surface area (Å²) in [5.74, 6) is 0.580. The average molecular weight is 285 g/mol. The highest BCUT2D eigenvalue weighted by Gasteiger charge is 2.40. The lowest BCUT2D eigenvalue weighted by atomic mass is 10.1. The van der Waals surface area contributed by atoms with Gasteiger partial charge in [0.15, 0.2) is 11.3 Å². The van der Waals surface area contributed by atoms with Gasteiger partial charge in [-0.15, -0.1) is 0 Å². The lowest BCUT2D eigenvalue weighted by molar-refractivity contribution is 0.0924. The van der Waals surface area contributed by atoms with E-state index in [9.17, 15) is 4.79 Å². The van der Waals surface area contributed by atoms with E-state index in [0.29, 0.717) is 23.2 Å². The number of rotatable bonds is 3. The van der Waals surface area contributed by atoms with Crippen LogP contribution in [-0.2, 0) is 6.42 Å². The fraction of sp³-hybridized carbons (Fsp3) is 0.500. The molecule has 2 aromatic rings. The number of nitrogens with one attached hydrogen (secondary N) is 2. The summed E-state index contributed by atoms with van der Waals surface area (Å²) in [6.45, 7) is 3.16. The molecule has 1 aliphatic heterocycles. The monoisotopic (exact) mass is 285 g/mol. The van der Waals surface area contributed by atoms with Crippen LogP contribution in [-0.4, -0.2) is 29.5 Å². The lowest BCUT2D eigenvalue weighted by Gasteiger charge is -2.23. The molecule has 3 heterocycles. The summed E-state index contributed by atoms with van der Waals surface area (Å²) in [6.07, 6.45) is 6.53.